The molecule has 1 spiro atoms. The summed E-state index contributed by atoms with van der Waals surface area (Å²) in [4.78, 5) is 41.5. The van der Waals surface area contributed by atoms with Gasteiger partial charge in [-0.25, -0.2) is 13.2 Å². The van der Waals surface area contributed by atoms with Crippen molar-refractivity contribution >= 4 is 23.4 Å². The van der Waals surface area contributed by atoms with E-state index >= 15 is 0 Å². The summed E-state index contributed by atoms with van der Waals surface area (Å²) in [7, 11) is 1.80. The number of nitrogens with one attached hydrogen (secondary N) is 2. The fourth-order valence-corrected chi connectivity index (χ4v) is 6.27. The molecule has 3 atom stereocenters. The van der Waals surface area contributed by atoms with E-state index in [1.54, 1.807) is 25.2 Å². The Bertz CT molecular complexity index is 1500. The highest BCUT2D eigenvalue weighted by atomic mass is 19.4. The van der Waals surface area contributed by atoms with E-state index in [1.165, 1.54) is 0 Å². The largest absolute Gasteiger partial charge is 0.403 e. The second-order valence-electron chi connectivity index (χ2n) is 11.4. The van der Waals surface area contributed by atoms with Crippen molar-refractivity contribution in [1.29, 1.82) is 0 Å². The molecule has 0 aromatic heterocycles. The van der Waals surface area contributed by atoms with Crippen LogP contribution in [0.3, 0.4) is 0 Å². The number of hydrogen-bond donors (Lipinski definition) is 2. The molecule has 2 aliphatic carbocycles. The molecule has 2 unspecified atom stereocenters. The molecular formula is C28H26F6N4O4. The zero-order valence-electron chi connectivity index (χ0n) is 22.3. The summed E-state index contributed by atoms with van der Waals surface area (Å²) in [6.45, 7) is -1.89. The quantitative estimate of drug-likeness (QED) is 0.303. The third-order valence-corrected chi connectivity index (χ3v) is 8.89. The summed E-state index contributed by atoms with van der Waals surface area (Å²) in [5.41, 5.74) is -2.44. The van der Waals surface area contributed by atoms with Gasteiger partial charge in [-0.15, -0.1) is 0 Å². The van der Waals surface area contributed by atoms with Crippen LogP contribution in [0.2, 0.25) is 0 Å². The number of epoxide rings is 1. The highest BCUT2D eigenvalue weighted by Gasteiger charge is 2.64. The number of fused-ring (bicyclic) bond motifs is 2. The van der Waals surface area contributed by atoms with Crippen molar-refractivity contribution in [3.8, 4) is 0 Å². The number of amides is 3. The van der Waals surface area contributed by atoms with Gasteiger partial charge in [0.25, 0.3) is 0 Å². The van der Waals surface area contributed by atoms with Crippen molar-refractivity contribution in [1.82, 2.24) is 15.1 Å². The molecule has 224 valence electrons. The second-order valence-corrected chi connectivity index (χ2v) is 11.4. The number of piperazine rings is 1. The Kier molecular flexibility index (Phi) is 6.57. The second kappa shape index (κ2) is 9.69. The van der Waals surface area contributed by atoms with E-state index in [0.717, 1.165) is 11.1 Å². The first-order valence-corrected chi connectivity index (χ1v) is 13.3. The maximum Gasteiger partial charge on any atom is 0.403 e. The molecule has 2 N–H and O–H groups in total. The van der Waals surface area contributed by atoms with Gasteiger partial charge in [-0.1, -0.05) is 12.5 Å². The first-order chi connectivity index (χ1) is 19.7. The van der Waals surface area contributed by atoms with Crippen LogP contribution in [-0.4, -0.2) is 65.3 Å². The van der Waals surface area contributed by atoms with E-state index in [1.807, 2.05) is 4.90 Å². The predicted octanol–water partition coefficient (Wildman–Crippen LogP) is 3.39. The fraction of sp³-hybridized carbons (Fsp3) is 0.464. The summed E-state index contributed by atoms with van der Waals surface area (Å²) in [6.07, 6.45) is -5.71. The van der Waals surface area contributed by atoms with Crippen molar-refractivity contribution in [2.45, 2.75) is 62.8 Å². The maximum atomic E-state index is 14.4. The Balaban J connectivity index is 1.22. The molecule has 2 aromatic carbocycles. The van der Waals surface area contributed by atoms with Gasteiger partial charge < -0.3 is 20.3 Å². The minimum atomic E-state index is -4.94. The molecule has 1 saturated carbocycles. The van der Waals surface area contributed by atoms with Crippen LogP contribution in [0.15, 0.2) is 30.3 Å². The molecule has 42 heavy (non-hydrogen) atoms. The van der Waals surface area contributed by atoms with Crippen LogP contribution in [0.5, 0.6) is 0 Å². The molecule has 14 heteroatoms. The van der Waals surface area contributed by atoms with Gasteiger partial charge in [-0.05, 0) is 49.2 Å². The normalized spacial score (nSPS) is 25.7. The van der Waals surface area contributed by atoms with Gasteiger partial charge >= 0.3 is 6.18 Å². The average Bonchev–Trinajstić information content (AvgIpc) is 3.53. The zero-order chi connectivity index (χ0) is 30.2. The number of alkyl halides is 3. The number of carbonyl (C=O) groups is 3. The van der Waals surface area contributed by atoms with Crippen LogP contribution in [0.25, 0.3) is 0 Å². The number of rotatable bonds is 6. The van der Waals surface area contributed by atoms with Gasteiger partial charge in [0.15, 0.2) is 24.1 Å². The van der Waals surface area contributed by atoms with E-state index in [0.29, 0.717) is 23.8 Å². The first kappa shape index (κ1) is 28.5. The lowest BCUT2D eigenvalue weighted by atomic mass is 9.67. The molecule has 8 nitrogen and oxygen atoms in total. The molecule has 0 bridgehead atoms. The minimum absolute atomic E-state index is 0.117. The van der Waals surface area contributed by atoms with Gasteiger partial charge in [0.2, 0.25) is 17.7 Å². The zero-order valence-corrected chi connectivity index (χ0v) is 22.3. The fourth-order valence-electron chi connectivity index (χ4n) is 6.27. The molecule has 2 saturated heterocycles. The first-order valence-electron chi connectivity index (χ1n) is 13.3. The predicted molar refractivity (Wildman–Crippen MR) is 134 cm³/mol. The lowest BCUT2D eigenvalue weighted by Crippen LogP contribution is -2.64. The number of anilines is 1. The monoisotopic (exact) mass is 596 g/mol. The van der Waals surface area contributed by atoms with Crippen LogP contribution in [-0.2, 0) is 38.5 Å². The van der Waals surface area contributed by atoms with Crippen molar-refractivity contribution in [2.24, 2.45) is 5.41 Å². The number of ether oxygens (including phenoxy) is 1. The maximum absolute atomic E-state index is 14.4. The van der Waals surface area contributed by atoms with Gasteiger partial charge in [0.05, 0.1) is 0 Å². The minimum Gasteiger partial charge on any atom is -0.331 e. The summed E-state index contributed by atoms with van der Waals surface area (Å²) < 4.78 is 89.5. The molecule has 6 rings (SSSR count). The van der Waals surface area contributed by atoms with Gasteiger partial charge in [-0.3, -0.25) is 19.3 Å². The molecule has 4 aliphatic rings. The molecule has 0 radical (unpaired) electrons. The standard InChI is InChI=1S/C28H26F6N4O4/c1-37-23-22(42-23)36-24(40)27(37)10-14-3-4-18(8-15(14)11-27)35-20(39)13-38(12-16-7-17(29)9-19(30)21(16)31)25(41)26(5-2-6-26)28(32,33)34/h3-4,7-9,22-23H,2,5-6,10-13H2,1H3,(H,35,39)(H,36,40)/t22?,23?,27-/m0/s1. The molecular weight excluding hydrogens is 570 g/mol. The lowest BCUT2D eigenvalue weighted by molar-refractivity contribution is -0.248. The smallest absolute Gasteiger partial charge is 0.331 e. The molecule has 2 aromatic rings. The number of hydrogen-bond acceptors (Lipinski definition) is 5. The third kappa shape index (κ3) is 4.51. The number of benzene rings is 2. The van der Waals surface area contributed by atoms with E-state index < -0.39 is 77.9 Å². The van der Waals surface area contributed by atoms with Crippen molar-refractivity contribution in [3.05, 3.63) is 64.5 Å². The number of likely N-dealkylation sites (N-methyl/N-ethyl adjacent to an activating group) is 1. The topological polar surface area (TPSA) is 94.3 Å². The summed E-state index contributed by atoms with van der Waals surface area (Å²) in [6, 6.07) is 5.76. The van der Waals surface area contributed by atoms with E-state index in [-0.39, 0.29) is 36.5 Å². The van der Waals surface area contributed by atoms with Crippen molar-refractivity contribution < 1.29 is 45.5 Å². The number of halogens is 6. The molecule has 2 heterocycles. The number of nitrogens with zero attached hydrogens (tertiary/aromatic N) is 2. The number of carbonyl (C=O) groups excluding carboxylic acids is 3. The summed E-state index contributed by atoms with van der Waals surface area (Å²) in [5, 5.41) is 5.37. The molecule has 3 fully saturated rings. The highest BCUT2D eigenvalue weighted by Crippen LogP contribution is 2.54. The van der Waals surface area contributed by atoms with Gasteiger partial charge in [-0.2, -0.15) is 13.2 Å². The Labute approximate surface area is 236 Å². The van der Waals surface area contributed by atoms with Crippen LogP contribution in [0.1, 0.15) is 36.0 Å². The van der Waals surface area contributed by atoms with Crippen LogP contribution >= 0.6 is 0 Å². The van der Waals surface area contributed by atoms with Crippen LogP contribution in [0.4, 0.5) is 32.0 Å². The van der Waals surface area contributed by atoms with E-state index in [4.69, 9.17) is 4.74 Å². The van der Waals surface area contributed by atoms with Crippen LogP contribution in [0, 0.1) is 22.9 Å². The Morgan fingerprint density at radius 3 is 2.50 bits per heavy atom. The molecule has 3 amide bonds. The average molecular weight is 597 g/mol. The highest BCUT2D eigenvalue weighted by molar-refractivity contribution is 5.96. The Morgan fingerprint density at radius 2 is 1.83 bits per heavy atom. The Morgan fingerprint density at radius 1 is 1.12 bits per heavy atom. The van der Waals surface area contributed by atoms with E-state index in [2.05, 4.69) is 10.6 Å². The molecule has 2 aliphatic heterocycles. The summed E-state index contributed by atoms with van der Waals surface area (Å²) >= 11 is 0. The van der Waals surface area contributed by atoms with Gasteiger partial charge in [0.1, 0.15) is 23.3 Å². The summed E-state index contributed by atoms with van der Waals surface area (Å²) in [5.74, 6) is -6.85. The van der Waals surface area contributed by atoms with Gasteiger partial charge in [0, 0.05) is 36.7 Å². The van der Waals surface area contributed by atoms with Crippen molar-refractivity contribution in [2.75, 3.05) is 18.9 Å². The van der Waals surface area contributed by atoms with Crippen molar-refractivity contribution in [3.63, 3.8) is 0 Å². The Hall–Kier alpha value is -3.65. The van der Waals surface area contributed by atoms with Crippen LogP contribution < -0.4 is 10.6 Å². The SMILES string of the molecule is CN1C2OC2NC(=O)[C@@]12Cc1ccc(NC(=O)CN(Cc3cc(F)cc(F)c3F)C(=O)C3(C(F)(F)F)CCC3)cc1C2. The third-order valence-electron chi connectivity index (χ3n) is 8.89. The van der Waals surface area contributed by atoms with E-state index in [9.17, 15) is 40.7 Å². The lowest BCUT2D eigenvalue weighted by Gasteiger charge is -2.44.